The lowest BCUT2D eigenvalue weighted by atomic mass is 10.1. The van der Waals surface area contributed by atoms with Gasteiger partial charge < -0.3 is 10.6 Å². The van der Waals surface area contributed by atoms with Crippen molar-refractivity contribution < 1.29 is 0 Å². The summed E-state index contributed by atoms with van der Waals surface area (Å²) in [7, 11) is 0. The first-order valence-corrected chi connectivity index (χ1v) is 7.51. The number of nitrogens with zero attached hydrogens (tertiary/aromatic N) is 1. The number of aromatic nitrogens is 1. The Balaban J connectivity index is 2.06. The van der Waals surface area contributed by atoms with Gasteiger partial charge in [-0.2, -0.15) is 0 Å². The van der Waals surface area contributed by atoms with Crippen molar-refractivity contribution in [2.45, 2.75) is 26.8 Å². The summed E-state index contributed by atoms with van der Waals surface area (Å²) < 4.78 is 0. The van der Waals surface area contributed by atoms with Gasteiger partial charge in [-0.15, -0.1) is 0 Å². The van der Waals surface area contributed by atoms with Crippen molar-refractivity contribution in [1.29, 1.82) is 0 Å². The number of aryl methyl sites for hydroxylation is 2. The Morgan fingerprint density at radius 1 is 1.29 bits per heavy atom. The second-order valence-electron chi connectivity index (χ2n) is 5.01. The normalized spacial score (nSPS) is 11.8. The maximum Gasteiger partial charge on any atom is 0.171 e. The molecule has 3 nitrogen and oxygen atoms in total. The minimum absolute atomic E-state index is 0.0238. The molecule has 0 fully saturated rings. The molecule has 2 rings (SSSR count). The maximum atomic E-state index is 6.27. The molecular weight excluding hydrogens is 302 g/mol. The number of benzene rings is 1. The zero-order valence-corrected chi connectivity index (χ0v) is 13.8. The van der Waals surface area contributed by atoms with Gasteiger partial charge in [-0.3, -0.25) is 4.98 Å². The van der Waals surface area contributed by atoms with Gasteiger partial charge in [0.25, 0.3) is 0 Å². The van der Waals surface area contributed by atoms with Gasteiger partial charge >= 0.3 is 0 Å². The van der Waals surface area contributed by atoms with Crippen LogP contribution in [-0.2, 0) is 0 Å². The molecule has 1 heterocycles. The minimum atomic E-state index is 0.0238. The van der Waals surface area contributed by atoms with Crippen molar-refractivity contribution in [3.63, 3.8) is 0 Å². The molecule has 2 aromatic rings. The summed E-state index contributed by atoms with van der Waals surface area (Å²) in [5, 5.41) is 7.58. The minimum Gasteiger partial charge on any atom is -0.354 e. The van der Waals surface area contributed by atoms with Crippen molar-refractivity contribution in [3.8, 4) is 0 Å². The molecule has 0 radical (unpaired) electrons. The van der Waals surface area contributed by atoms with Crippen LogP contribution in [0.5, 0.6) is 0 Å². The monoisotopic (exact) mass is 319 g/mol. The van der Waals surface area contributed by atoms with Crippen molar-refractivity contribution in [2.24, 2.45) is 0 Å². The Kier molecular flexibility index (Phi) is 5.15. The predicted molar refractivity (Wildman–Crippen MR) is 92.9 cm³/mol. The number of halogens is 1. The van der Waals surface area contributed by atoms with Gasteiger partial charge in [0.2, 0.25) is 0 Å². The van der Waals surface area contributed by atoms with Crippen molar-refractivity contribution in [1.82, 2.24) is 10.3 Å². The highest BCUT2D eigenvalue weighted by atomic mass is 35.5. The van der Waals surface area contributed by atoms with E-state index in [0.29, 0.717) is 10.1 Å². The molecule has 0 saturated carbocycles. The third kappa shape index (κ3) is 4.16. The van der Waals surface area contributed by atoms with E-state index in [2.05, 4.69) is 21.7 Å². The SMILES string of the molecule is Cc1cc(C)c(NC(=S)N[C@H](C)c2ccccn2)c(Cl)c1. The van der Waals surface area contributed by atoms with Crippen LogP contribution >= 0.6 is 23.8 Å². The molecule has 0 saturated heterocycles. The van der Waals surface area contributed by atoms with Crippen molar-refractivity contribution >= 4 is 34.6 Å². The van der Waals surface area contributed by atoms with Gasteiger partial charge in [0.1, 0.15) is 0 Å². The van der Waals surface area contributed by atoms with Gasteiger partial charge in [-0.05, 0) is 62.3 Å². The molecule has 0 bridgehead atoms. The van der Waals surface area contributed by atoms with Crippen LogP contribution in [0.4, 0.5) is 5.69 Å². The lowest BCUT2D eigenvalue weighted by Crippen LogP contribution is -2.31. The van der Waals surface area contributed by atoms with Crippen LogP contribution in [0.2, 0.25) is 5.02 Å². The number of rotatable bonds is 3. The molecular formula is C16H18ClN3S. The first-order valence-electron chi connectivity index (χ1n) is 6.72. The first kappa shape index (κ1) is 15.7. The number of hydrogen-bond donors (Lipinski definition) is 2. The van der Waals surface area contributed by atoms with Crippen LogP contribution in [-0.4, -0.2) is 10.1 Å². The van der Waals surface area contributed by atoms with Crippen LogP contribution < -0.4 is 10.6 Å². The summed E-state index contributed by atoms with van der Waals surface area (Å²) in [6, 6.07) is 9.82. The summed E-state index contributed by atoms with van der Waals surface area (Å²) in [4.78, 5) is 4.31. The fourth-order valence-electron chi connectivity index (χ4n) is 2.13. The fraction of sp³-hybridized carbons (Fsp3) is 0.250. The number of pyridine rings is 1. The lowest BCUT2D eigenvalue weighted by molar-refractivity contribution is 0.696. The van der Waals surface area contributed by atoms with Crippen LogP contribution in [0.15, 0.2) is 36.5 Å². The summed E-state index contributed by atoms with van der Waals surface area (Å²) in [5.41, 5.74) is 3.97. The highest BCUT2D eigenvalue weighted by molar-refractivity contribution is 7.80. The standard InChI is InChI=1S/C16H18ClN3S/c1-10-8-11(2)15(13(17)9-10)20-16(21)19-12(3)14-6-4-5-7-18-14/h4-9,12H,1-3H3,(H2,19,20,21)/t12-/m1/s1. The predicted octanol–water partition coefficient (Wildman–Crippen LogP) is 4.40. The topological polar surface area (TPSA) is 37.0 Å². The Labute approximate surface area is 135 Å². The van der Waals surface area contributed by atoms with E-state index in [4.69, 9.17) is 23.8 Å². The van der Waals surface area contributed by atoms with E-state index in [9.17, 15) is 0 Å². The number of anilines is 1. The molecule has 0 aliphatic rings. The quantitative estimate of drug-likeness (QED) is 0.822. The van der Waals surface area contributed by atoms with E-state index in [-0.39, 0.29) is 6.04 Å². The lowest BCUT2D eigenvalue weighted by Gasteiger charge is -2.18. The molecule has 5 heteroatoms. The molecule has 1 aromatic heterocycles. The van der Waals surface area contributed by atoms with Crippen LogP contribution in [0.3, 0.4) is 0 Å². The molecule has 0 aliphatic heterocycles. The summed E-state index contributed by atoms with van der Waals surface area (Å²) in [5.74, 6) is 0. The average molecular weight is 320 g/mol. The Hall–Kier alpha value is -1.65. The van der Waals surface area contributed by atoms with Gasteiger partial charge in [-0.1, -0.05) is 23.7 Å². The first-order chi connectivity index (χ1) is 9.97. The van der Waals surface area contributed by atoms with Crippen LogP contribution in [0.25, 0.3) is 0 Å². The van der Waals surface area contributed by atoms with E-state index in [1.54, 1.807) is 6.20 Å². The zero-order valence-electron chi connectivity index (χ0n) is 12.3. The van der Waals surface area contributed by atoms with E-state index < -0.39 is 0 Å². The van der Waals surface area contributed by atoms with E-state index in [1.807, 2.05) is 45.0 Å². The number of nitrogens with one attached hydrogen (secondary N) is 2. The molecule has 0 amide bonds. The average Bonchev–Trinajstić information content (AvgIpc) is 2.43. The Morgan fingerprint density at radius 3 is 2.67 bits per heavy atom. The summed E-state index contributed by atoms with van der Waals surface area (Å²) >= 11 is 11.6. The van der Waals surface area contributed by atoms with Crippen molar-refractivity contribution in [3.05, 3.63) is 58.4 Å². The largest absolute Gasteiger partial charge is 0.354 e. The highest BCUT2D eigenvalue weighted by Crippen LogP contribution is 2.27. The molecule has 1 atom stereocenters. The van der Waals surface area contributed by atoms with E-state index in [1.165, 1.54) is 0 Å². The number of hydrogen-bond acceptors (Lipinski definition) is 2. The second kappa shape index (κ2) is 6.87. The third-order valence-electron chi connectivity index (χ3n) is 3.15. The fourth-order valence-corrected chi connectivity index (χ4v) is 2.77. The van der Waals surface area contributed by atoms with Crippen molar-refractivity contribution in [2.75, 3.05) is 5.32 Å². The van der Waals surface area contributed by atoms with Gasteiger partial charge in [-0.25, -0.2) is 0 Å². The Bertz CT molecular complexity index is 620. The molecule has 110 valence electrons. The maximum absolute atomic E-state index is 6.27. The summed E-state index contributed by atoms with van der Waals surface area (Å²) in [6.07, 6.45) is 1.77. The molecule has 21 heavy (non-hydrogen) atoms. The van der Waals surface area contributed by atoms with Gasteiger partial charge in [0, 0.05) is 6.20 Å². The van der Waals surface area contributed by atoms with Gasteiger partial charge in [0.15, 0.2) is 5.11 Å². The van der Waals surface area contributed by atoms with Crippen LogP contribution in [0, 0.1) is 13.8 Å². The van der Waals surface area contributed by atoms with E-state index in [0.717, 1.165) is 22.5 Å². The van der Waals surface area contributed by atoms with E-state index >= 15 is 0 Å². The smallest absolute Gasteiger partial charge is 0.171 e. The zero-order chi connectivity index (χ0) is 15.4. The Morgan fingerprint density at radius 2 is 2.05 bits per heavy atom. The number of thiocarbonyl (C=S) groups is 1. The van der Waals surface area contributed by atoms with Gasteiger partial charge in [0.05, 0.1) is 22.4 Å². The highest BCUT2D eigenvalue weighted by Gasteiger charge is 2.11. The molecule has 0 aliphatic carbocycles. The second-order valence-corrected chi connectivity index (χ2v) is 5.83. The van der Waals surface area contributed by atoms with Crippen LogP contribution in [0.1, 0.15) is 29.8 Å². The summed E-state index contributed by atoms with van der Waals surface area (Å²) in [6.45, 7) is 6.04. The third-order valence-corrected chi connectivity index (χ3v) is 3.67. The molecule has 2 N–H and O–H groups in total. The molecule has 0 unspecified atom stereocenters. The molecule has 0 spiro atoms. The molecule has 1 aromatic carbocycles.